The van der Waals surface area contributed by atoms with Crippen molar-refractivity contribution >= 4 is 0 Å². The van der Waals surface area contributed by atoms with Crippen molar-refractivity contribution in [3.8, 4) is 11.8 Å². The molecule has 5 heteroatoms. The van der Waals surface area contributed by atoms with Gasteiger partial charge in [-0.1, -0.05) is 12.1 Å². The van der Waals surface area contributed by atoms with Crippen molar-refractivity contribution in [1.82, 2.24) is 14.9 Å². The van der Waals surface area contributed by atoms with Crippen molar-refractivity contribution in [3.05, 3.63) is 53.6 Å². The van der Waals surface area contributed by atoms with Crippen molar-refractivity contribution < 1.29 is 4.74 Å². The van der Waals surface area contributed by atoms with Gasteiger partial charge in [0, 0.05) is 25.8 Å². The van der Waals surface area contributed by atoms with Crippen LogP contribution in [0.25, 0.3) is 0 Å². The number of nitriles is 1. The van der Waals surface area contributed by atoms with Crippen LogP contribution in [0.2, 0.25) is 0 Å². The zero-order chi connectivity index (χ0) is 14.5. The van der Waals surface area contributed by atoms with Gasteiger partial charge in [0.05, 0.1) is 11.3 Å². The second-order valence-electron chi connectivity index (χ2n) is 4.98. The fourth-order valence-electron chi connectivity index (χ4n) is 2.46. The van der Waals surface area contributed by atoms with Gasteiger partial charge in [-0.3, -0.25) is 4.90 Å². The lowest BCUT2D eigenvalue weighted by Crippen LogP contribution is -2.34. The fourth-order valence-corrected chi connectivity index (χ4v) is 2.46. The molecule has 0 N–H and O–H groups in total. The summed E-state index contributed by atoms with van der Waals surface area (Å²) in [6, 6.07) is 9.46. The Balaban J connectivity index is 1.54. The van der Waals surface area contributed by atoms with Crippen LogP contribution in [0.1, 0.15) is 16.8 Å². The molecule has 2 heterocycles. The van der Waals surface area contributed by atoms with Gasteiger partial charge >= 0.3 is 0 Å². The van der Waals surface area contributed by atoms with Crippen LogP contribution in [0.15, 0.2) is 36.8 Å². The molecule has 0 unspecified atom stereocenters. The van der Waals surface area contributed by atoms with Crippen molar-refractivity contribution in [1.29, 1.82) is 5.26 Å². The topological polar surface area (TPSA) is 62.0 Å². The predicted molar refractivity (Wildman–Crippen MR) is 77.7 cm³/mol. The summed E-state index contributed by atoms with van der Waals surface area (Å²) in [4.78, 5) is 10.7. The highest BCUT2D eigenvalue weighted by Crippen LogP contribution is 2.18. The number of fused-ring (bicyclic) bond motifs is 1. The van der Waals surface area contributed by atoms with E-state index in [0.29, 0.717) is 17.9 Å². The van der Waals surface area contributed by atoms with E-state index in [1.54, 1.807) is 12.4 Å². The number of ether oxygens (including phenoxy) is 1. The Morgan fingerprint density at radius 2 is 2.24 bits per heavy atom. The lowest BCUT2D eigenvalue weighted by atomic mass is 10.1. The Bertz CT molecular complexity index is 665. The SMILES string of the molecule is N#Cc1ccccc1OCCN1CCc2cncnc2C1. The third-order valence-corrected chi connectivity index (χ3v) is 3.62. The largest absolute Gasteiger partial charge is 0.491 e. The number of nitrogens with zero attached hydrogens (tertiary/aromatic N) is 4. The van der Waals surface area contributed by atoms with Gasteiger partial charge in [-0.25, -0.2) is 9.97 Å². The smallest absolute Gasteiger partial charge is 0.137 e. The summed E-state index contributed by atoms with van der Waals surface area (Å²) in [5.41, 5.74) is 2.92. The van der Waals surface area contributed by atoms with Gasteiger partial charge in [-0.05, 0) is 24.1 Å². The highest BCUT2D eigenvalue weighted by molar-refractivity contribution is 5.42. The van der Waals surface area contributed by atoms with Gasteiger partial charge < -0.3 is 4.74 Å². The average molecular weight is 280 g/mol. The third kappa shape index (κ3) is 3.18. The van der Waals surface area contributed by atoms with E-state index in [2.05, 4.69) is 20.9 Å². The van der Waals surface area contributed by atoms with Crippen LogP contribution in [0.5, 0.6) is 5.75 Å². The summed E-state index contributed by atoms with van der Waals surface area (Å²) in [7, 11) is 0. The second-order valence-corrected chi connectivity index (χ2v) is 4.98. The molecule has 5 nitrogen and oxygen atoms in total. The van der Waals surface area contributed by atoms with Gasteiger partial charge in [0.2, 0.25) is 0 Å². The first-order valence-electron chi connectivity index (χ1n) is 6.99. The maximum absolute atomic E-state index is 9.02. The number of benzene rings is 1. The number of rotatable bonds is 4. The number of hydrogen-bond donors (Lipinski definition) is 0. The van der Waals surface area contributed by atoms with E-state index in [-0.39, 0.29) is 0 Å². The predicted octanol–water partition coefficient (Wildman–Crippen LogP) is 1.79. The molecule has 0 radical (unpaired) electrons. The Labute approximate surface area is 123 Å². The molecule has 1 aliphatic heterocycles. The minimum Gasteiger partial charge on any atom is -0.491 e. The first-order valence-corrected chi connectivity index (χ1v) is 6.99. The standard InChI is InChI=1S/C16H16N4O/c17-9-13-3-1-2-4-16(13)21-8-7-20-6-5-14-10-18-12-19-15(14)11-20/h1-4,10,12H,5-8,11H2. The molecule has 0 saturated heterocycles. The number of aromatic nitrogens is 2. The Morgan fingerprint density at radius 3 is 3.14 bits per heavy atom. The Hall–Kier alpha value is -2.45. The Morgan fingerprint density at radius 1 is 1.33 bits per heavy atom. The van der Waals surface area contributed by atoms with Gasteiger partial charge in [-0.2, -0.15) is 5.26 Å². The molecule has 1 aromatic carbocycles. The first kappa shape index (κ1) is 13.5. The summed E-state index contributed by atoms with van der Waals surface area (Å²) in [6.07, 6.45) is 4.48. The highest BCUT2D eigenvalue weighted by atomic mass is 16.5. The fraction of sp³-hybridized carbons (Fsp3) is 0.312. The molecule has 0 amide bonds. The van der Waals surface area contributed by atoms with Crippen molar-refractivity contribution in [2.24, 2.45) is 0 Å². The summed E-state index contributed by atoms with van der Waals surface area (Å²) in [5, 5.41) is 9.02. The average Bonchev–Trinajstić information content (AvgIpc) is 2.55. The minimum absolute atomic E-state index is 0.569. The first-order chi connectivity index (χ1) is 10.4. The molecule has 0 bridgehead atoms. The molecular weight excluding hydrogens is 264 g/mol. The molecule has 0 spiro atoms. The van der Waals surface area contributed by atoms with E-state index in [1.165, 1.54) is 5.56 Å². The zero-order valence-electron chi connectivity index (χ0n) is 11.7. The van der Waals surface area contributed by atoms with E-state index in [0.717, 1.165) is 31.7 Å². The summed E-state index contributed by atoms with van der Waals surface area (Å²) in [6.45, 7) is 3.22. The van der Waals surface area contributed by atoms with E-state index < -0.39 is 0 Å². The Kier molecular flexibility index (Phi) is 4.08. The van der Waals surface area contributed by atoms with Gasteiger partial charge in [0.1, 0.15) is 24.8 Å². The van der Waals surface area contributed by atoms with E-state index in [4.69, 9.17) is 10.00 Å². The normalized spacial score (nSPS) is 14.2. The van der Waals surface area contributed by atoms with Crippen molar-refractivity contribution in [2.45, 2.75) is 13.0 Å². The lowest BCUT2D eigenvalue weighted by molar-refractivity contribution is 0.193. The molecular formula is C16H16N4O. The maximum Gasteiger partial charge on any atom is 0.137 e. The molecule has 0 atom stereocenters. The summed E-state index contributed by atoms with van der Waals surface area (Å²) >= 11 is 0. The van der Waals surface area contributed by atoms with E-state index in [9.17, 15) is 0 Å². The van der Waals surface area contributed by atoms with Crippen LogP contribution in [0, 0.1) is 11.3 Å². The zero-order valence-corrected chi connectivity index (χ0v) is 11.7. The molecule has 0 fully saturated rings. The van der Waals surface area contributed by atoms with Crippen molar-refractivity contribution in [2.75, 3.05) is 19.7 Å². The third-order valence-electron chi connectivity index (χ3n) is 3.62. The van der Waals surface area contributed by atoms with E-state index >= 15 is 0 Å². The molecule has 106 valence electrons. The molecule has 0 aliphatic carbocycles. The van der Waals surface area contributed by atoms with Crippen LogP contribution in [-0.2, 0) is 13.0 Å². The van der Waals surface area contributed by atoms with Crippen LogP contribution in [0.3, 0.4) is 0 Å². The molecule has 21 heavy (non-hydrogen) atoms. The van der Waals surface area contributed by atoms with Crippen molar-refractivity contribution in [3.63, 3.8) is 0 Å². The van der Waals surface area contributed by atoms with Gasteiger partial charge in [0.15, 0.2) is 0 Å². The number of para-hydroxylation sites is 1. The van der Waals surface area contributed by atoms with Crippen LogP contribution < -0.4 is 4.74 Å². The monoisotopic (exact) mass is 280 g/mol. The summed E-state index contributed by atoms with van der Waals surface area (Å²) in [5.74, 6) is 0.653. The number of hydrogen-bond acceptors (Lipinski definition) is 5. The molecule has 2 aromatic rings. The van der Waals surface area contributed by atoms with E-state index in [1.807, 2.05) is 24.4 Å². The maximum atomic E-state index is 9.02. The molecule has 0 saturated carbocycles. The highest BCUT2D eigenvalue weighted by Gasteiger charge is 2.17. The summed E-state index contributed by atoms with van der Waals surface area (Å²) < 4.78 is 5.72. The van der Waals surface area contributed by atoms with Crippen LogP contribution >= 0.6 is 0 Å². The minimum atomic E-state index is 0.569. The van der Waals surface area contributed by atoms with Gasteiger partial charge in [-0.15, -0.1) is 0 Å². The molecule has 1 aliphatic rings. The van der Waals surface area contributed by atoms with Crippen LogP contribution in [0.4, 0.5) is 0 Å². The second kappa shape index (κ2) is 6.33. The van der Waals surface area contributed by atoms with Crippen LogP contribution in [-0.4, -0.2) is 34.6 Å². The quantitative estimate of drug-likeness (QED) is 0.854. The molecule has 3 rings (SSSR count). The van der Waals surface area contributed by atoms with Gasteiger partial charge in [0.25, 0.3) is 0 Å². The lowest BCUT2D eigenvalue weighted by Gasteiger charge is -2.27. The molecule has 1 aromatic heterocycles.